The highest BCUT2D eigenvalue weighted by atomic mass is 31.1. The minimum absolute atomic E-state index is 0.125. The van der Waals surface area contributed by atoms with Crippen molar-refractivity contribution < 1.29 is 18.8 Å². The number of carbonyl (C=O) groups excluding carboxylic acids is 1. The molecule has 98 valence electrons. The maximum absolute atomic E-state index is 11.5. The van der Waals surface area contributed by atoms with E-state index in [1.807, 2.05) is 25.1 Å². The zero-order valence-corrected chi connectivity index (χ0v) is 11.3. The van der Waals surface area contributed by atoms with Crippen molar-refractivity contribution in [3.8, 4) is 0 Å². The lowest BCUT2D eigenvalue weighted by molar-refractivity contribution is -0.124. The van der Waals surface area contributed by atoms with E-state index in [2.05, 4.69) is 16.7 Å². The maximum Gasteiger partial charge on any atom is 0.695 e. The molecule has 5 heteroatoms. The largest absolute Gasteiger partial charge is 0.695 e. The van der Waals surface area contributed by atoms with Gasteiger partial charge in [-0.2, -0.15) is 0 Å². The van der Waals surface area contributed by atoms with Gasteiger partial charge in [0.25, 0.3) is 0 Å². The molecular formula is C13H18O4P+. The molecule has 0 aliphatic heterocycles. The molecule has 2 atom stereocenters. The minimum atomic E-state index is -2.68. The molecule has 18 heavy (non-hydrogen) atoms. The van der Waals surface area contributed by atoms with E-state index in [0.29, 0.717) is 0 Å². The van der Waals surface area contributed by atoms with Gasteiger partial charge in [0.1, 0.15) is 0 Å². The van der Waals surface area contributed by atoms with Gasteiger partial charge in [0.15, 0.2) is 12.4 Å². The third-order valence-electron chi connectivity index (χ3n) is 2.81. The van der Waals surface area contributed by atoms with Gasteiger partial charge >= 0.3 is 8.25 Å². The molecule has 0 aliphatic carbocycles. The number of rotatable bonds is 8. The number of carbonyl (C=O) groups is 1. The average Bonchev–Trinajstić information content (AvgIpc) is 2.37. The second kappa shape index (κ2) is 8.09. The summed E-state index contributed by atoms with van der Waals surface area (Å²) in [5, 5.41) is 0. The molecule has 0 fully saturated rings. The number of aryl methyl sites for hydroxylation is 1. The number of hydrogen-bond acceptors (Lipinski definition) is 3. The van der Waals surface area contributed by atoms with Gasteiger partial charge in [0.05, 0.1) is 0 Å². The molecule has 0 aliphatic rings. The lowest BCUT2D eigenvalue weighted by atomic mass is 9.98. The Morgan fingerprint density at radius 3 is 2.67 bits per heavy atom. The summed E-state index contributed by atoms with van der Waals surface area (Å²) < 4.78 is 14.7. The van der Waals surface area contributed by atoms with Gasteiger partial charge in [-0.15, -0.1) is 9.42 Å². The Bertz CT molecular complexity index is 391. The fourth-order valence-corrected chi connectivity index (χ4v) is 1.92. The lowest BCUT2D eigenvalue weighted by Gasteiger charge is -2.08. The van der Waals surface area contributed by atoms with E-state index >= 15 is 0 Å². The summed E-state index contributed by atoms with van der Waals surface area (Å²) in [6, 6.07) is 10.1. The average molecular weight is 269 g/mol. The van der Waals surface area contributed by atoms with Gasteiger partial charge in [-0.25, -0.2) is 0 Å². The standard InChI is InChI=1S/C13H17O4P/c1-11(13(14)10-17-18(15)16)6-5-9-12-7-3-2-4-8-12/h2-4,7-8,11H,5-6,9-10H2,1H3/p+1. The summed E-state index contributed by atoms with van der Waals surface area (Å²) in [6.07, 6.45) is 2.62. The maximum atomic E-state index is 11.5. The van der Waals surface area contributed by atoms with Crippen molar-refractivity contribution in [2.45, 2.75) is 26.2 Å². The van der Waals surface area contributed by atoms with Gasteiger partial charge in [-0.05, 0) is 24.8 Å². The lowest BCUT2D eigenvalue weighted by Crippen LogP contribution is -2.16. The Morgan fingerprint density at radius 2 is 2.06 bits per heavy atom. The van der Waals surface area contributed by atoms with Crippen molar-refractivity contribution in [1.29, 1.82) is 0 Å². The van der Waals surface area contributed by atoms with Gasteiger partial charge in [0.2, 0.25) is 0 Å². The van der Waals surface area contributed by atoms with Crippen LogP contribution in [0.1, 0.15) is 25.3 Å². The van der Waals surface area contributed by atoms with Crippen molar-refractivity contribution >= 4 is 14.0 Å². The topological polar surface area (TPSA) is 63.6 Å². The molecule has 0 bridgehead atoms. The zero-order chi connectivity index (χ0) is 13.4. The van der Waals surface area contributed by atoms with Crippen molar-refractivity contribution in [3.05, 3.63) is 35.9 Å². The summed E-state index contributed by atoms with van der Waals surface area (Å²) in [5.74, 6) is -0.260. The minimum Gasteiger partial charge on any atom is -0.297 e. The first-order valence-corrected chi connectivity index (χ1v) is 7.08. The van der Waals surface area contributed by atoms with Crippen LogP contribution in [0, 0.1) is 5.92 Å². The molecule has 0 saturated heterocycles. The quantitative estimate of drug-likeness (QED) is 0.737. The zero-order valence-electron chi connectivity index (χ0n) is 10.4. The summed E-state index contributed by atoms with van der Waals surface area (Å²) >= 11 is 0. The molecule has 1 N–H and O–H groups in total. The van der Waals surface area contributed by atoms with E-state index in [-0.39, 0.29) is 18.3 Å². The predicted octanol–water partition coefficient (Wildman–Crippen LogP) is 2.88. The highest BCUT2D eigenvalue weighted by molar-refractivity contribution is 7.32. The van der Waals surface area contributed by atoms with Crippen LogP contribution in [-0.2, 0) is 20.3 Å². The van der Waals surface area contributed by atoms with Crippen molar-refractivity contribution in [1.82, 2.24) is 0 Å². The third kappa shape index (κ3) is 6.01. The van der Waals surface area contributed by atoms with Gasteiger partial charge in [0, 0.05) is 10.5 Å². The Balaban J connectivity index is 2.22. The molecule has 1 rings (SSSR count). The first-order chi connectivity index (χ1) is 8.59. The number of Topliss-reactive ketones (excluding diaryl/α,β-unsaturated/α-hetero) is 1. The Kier molecular flexibility index (Phi) is 6.73. The second-order valence-electron chi connectivity index (χ2n) is 4.26. The Hall–Kier alpha value is -1.09. The fourth-order valence-electron chi connectivity index (χ4n) is 1.68. The van der Waals surface area contributed by atoms with E-state index in [0.717, 1.165) is 19.3 Å². The van der Waals surface area contributed by atoms with E-state index in [9.17, 15) is 9.36 Å². The molecule has 0 amide bonds. The molecule has 1 aromatic rings. The van der Waals surface area contributed by atoms with Crippen molar-refractivity contribution in [2.75, 3.05) is 6.61 Å². The normalized spacial score (nSPS) is 13.1. The molecule has 0 aromatic heterocycles. The fraction of sp³-hybridized carbons (Fsp3) is 0.462. The molecule has 0 heterocycles. The first kappa shape index (κ1) is 15.0. The predicted molar refractivity (Wildman–Crippen MR) is 69.3 cm³/mol. The third-order valence-corrected chi connectivity index (χ3v) is 3.16. The molecule has 0 spiro atoms. The highest BCUT2D eigenvalue weighted by Crippen LogP contribution is 2.17. The highest BCUT2D eigenvalue weighted by Gasteiger charge is 2.19. The molecule has 1 aromatic carbocycles. The van der Waals surface area contributed by atoms with Crippen molar-refractivity contribution in [3.63, 3.8) is 0 Å². The van der Waals surface area contributed by atoms with Crippen LogP contribution in [0.25, 0.3) is 0 Å². The molecule has 0 saturated carbocycles. The van der Waals surface area contributed by atoms with Crippen LogP contribution >= 0.6 is 8.25 Å². The van der Waals surface area contributed by atoms with Crippen molar-refractivity contribution in [2.24, 2.45) is 5.92 Å². The molecule has 4 nitrogen and oxygen atoms in total. The van der Waals surface area contributed by atoms with E-state index in [1.165, 1.54) is 5.56 Å². The van der Waals surface area contributed by atoms with E-state index in [4.69, 9.17) is 4.89 Å². The van der Waals surface area contributed by atoms with Crippen LogP contribution in [-0.4, -0.2) is 17.3 Å². The van der Waals surface area contributed by atoms with Crippen LogP contribution in [0.3, 0.4) is 0 Å². The summed E-state index contributed by atoms with van der Waals surface area (Å²) in [7, 11) is -2.68. The molecule has 2 unspecified atom stereocenters. The first-order valence-electron chi connectivity index (χ1n) is 5.95. The molecular weight excluding hydrogens is 251 g/mol. The van der Waals surface area contributed by atoms with Gasteiger partial charge in [-0.1, -0.05) is 37.3 Å². The smallest absolute Gasteiger partial charge is 0.297 e. The molecule has 0 radical (unpaired) electrons. The monoisotopic (exact) mass is 269 g/mol. The number of hydrogen-bond donors (Lipinski definition) is 1. The Labute approximate surface area is 108 Å². The van der Waals surface area contributed by atoms with Crippen LogP contribution in [0.5, 0.6) is 0 Å². The van der Waals surface area contributed by atoms with Crippen LogP contribution < -0.4 is 0 Å². The van der Waals surface area contributed by atoms with Crippen LogP contribution in [0.4, 0.5) is 0 Å². The summed E-state index contributed by atoms with van der Waals surface area (Å²) in [5.41, 5.74) is 1.26. The van der Waals surface area contributed by atoms with E-state index in [1.54, 1.807) is 0 Å². The van der Waals surface area contributed by atoms with Crippen LogP contribution in [0.15, 0.2) is 30.3 Å². The SMILES string of the molecule is CC(CCCc1ccccc1)C(=O)CO[P+](=O)O. The van der Waals surface area contributed by atoms with E-state index < -0.39 is 8.25 Å². The number of ketones is 1. The van der Waals surface area contributed by atoms with Crippen LogP contribution in [0.2, 0.25) is 0 Å². The van der Waals surface area contributed by atoms with Gasteiger partial charge in [-0.3, -0.25) is 4.79 Å². The Morgan fingerprint density at radius 1 is 1.39 bits per heavy atom. The second-order valence-corrected chi connectivity index (χ2v) is 4.99. The summed E-state index contributed by atoms with van der Waals surface area (Å²) in [4.78, 5) is 20.0. The number of benzene rings is 1. The summed E-state index contributed by atoms with van der Waals surface area (Å²) in [6.45, 7) is 1.54. The van der Waals surface area contributed by atoms with Gasteiger partial charge < -0.3 is 0 Å².